The zero-order chi connectivity index (χ0) is 13.9. The van der Waals surface area contributed by atoms with Gasteiger partial charge in [0, 0.05) is 18.0 Å². The van der Waals surface area contributed by atoms with E-state index in [1.165, 1.54) is 12.8 Å². The first kappa shape index (κ1) is 14.4. The van der Waals surface area contributed by atoms with Gasteiger partial charge in [-0.1, -0.05) is 24.3 Å². The van der Waals surface area contributed by atoms with Crippen molar-refractivity contribution in [1.29, 1.82) is 0 Å². The highest BCUT2D eigenvalue weighted by Gasteiger charge is 2.37. The summed E-state index contributed by atoms with van der Waals surface area (Å²) in [5.41, 5.74) is -0.0729. The first-order valence-electron chi connectivity index (χ1n) is 7.61. The van der Waals surface area contributed by atoms with Gasteiger partial charge in [-0.25, -0.2) is 0 Å². The van der Waals surface area contributed by atoms with Gasteiger partial charge >= 0.3 is 0 Å². The summed E-state index contributed by atoms with van der Waals surface area (Å²) in [6.45, 7) is 7.15. The predicted molar refractivity (Wildman–Crippen MR) is 79.8 cm³/mol. The molecule has 0 radical (unpaired) electrons. The van der Waals surface area contributed by atoms with E-state index in [1.807, 2.05) is 4.90 Å². The third kappa shape index (κ3) is 4.22. The van der Waals surface area contributed by atoms with Crippen molar-refractivity contribution in [3.05, 3.63) is 24.3 Å². The van der Waals surface area contributed by atoms with E-state index < -0.39 is 0 Å². The molecule has 0 aromatic rings. The maximum atomic E-state index is 12.3. The van der Waals surface area contributed by atoms with Gasteiger partial charge in [-0.3, -0.25) is 4.79 Å². The molecule has 0 aromatic heterocycles. The second-order valence-electron chi connectivity index (χ2n) is 6.87. The molecule has 1 unspecified atom stereocenters. The van der Waals surface area contributed by atoms with E-state index in [9.17, 15) is 4.79 Å². The Balaban J connectivity index is 1.90. The quantitative estimate of drug-likeness (QED) is 0.702. The Morgan fingerprint density at radius 2 is 2.00 bits per heavy atom. The van der Waals surface area contributed by atoms with Crippen LogP contribution in [0.25, 0.3) is 0 Å². The molecule has 19 heavy (non-hydrogen) atoms. The molecule has 0 saturated heterocycles. The molecule has 1 fully saturated rings. The summed E-state index contributed by atoms with van der Waals surface area (Å²) in [5, 5.41) is 0. The van der Waals surface area contributed by atoms with Crippen LogP contribution >= 0.6 is 0 Å². The molecular formula is C17H27NO. The van der Waals surface area contributed by atoms with Crippen LogP contribution < -0.4 is 0 Å². The number of rotatable bonds is 4. The van der Waals surface area contributed by atoms with Crippen molar-refractivity contribution in [2.75, 3.05) is 6.54 Å². The van der Waals surface area contributed by atoms with E-state index in [0.717, 1.165) is 25.8 Å². The summed E-state index contributed by atoms with van der Waals surface area (Å²) in [6.07, 6.45) is 14.8. The highest BCUT2D eigenvalue weighted by Crippen LogP contribution is 2.33. The maximum Gasteiger partial charge on any atom is 0.226 e. The predicted octanol–water partition coefficient (Wildman–Crippen LogP) is 3.94. The first-order chi connectivity index (χ1) is 8.98. The zero-order valence-corrected chi connectivity index (χ0v) is 12.6. The summed E-state index contributed by atoms with van der Waals surface area (Å²) in [7, 11) is 0. The number of carbonyl (C=O) groups excluding carboxylic acids is 1. The zero-order valence-electron chi connectivity index (χ0n) is 12.6. The molecule has 0 spiro atoms. The third-order valence-electron chi connectivity index (χ3n) is 4.01. The second kappa shape index (κ2) is 5.94. The minimum atomic E-state index is -0.0729. The first-order valence-corrected chi connectivity index (χ1v) is 7.61. The molecule has 2 nitrogen and oxygen atoms in total. The fourth-order valence-corrected chi connectivity index (χ4v) is 2.60. The van der Waals surface area contributed by atoms with E-state index in [4.69, 9.17) is 0 Å². The average molecular weight is 261 g/mol. The van der Waals surface area contributed by atoms with Gasteiger partial charge in [0.25, 0.3) is 0 Å². The molecule has 0 aromatic carbocycles. The fraction of sp³-hybridized carbons (Fsp3) is 0.706. The van der Waals surface area contributed by atoms with Crippen LogP contribution in [-0.2, 0) is 4.79 Å². The monoisotopic (exact) mass is 261 g/mol. The largest absolute Gasteiger partial charge is 0.334 e. The molecule has 106 valence electrons. The highest BCUT2D eigenvalue weighted by molar-refractivity contribution is 5.81. The molecule has 0 aliphatic heterocycles. The molecule has 1 atom stereocenters. The van der Waals surface area contributed by atoms with Crippen molar-refractivity contribution < 1.29 is 4.79 Å². The Bertz CT molecular complexity index is 371. The minimum absolute atomic E-state index is 0.0729. The SMILES string of the molecule is CC(C)(C)N(C/C=C/C1CC=CCC1)C(=O)C1CC1. The van der Waals surface area contributed by atoms with Gasteiger partial charge in [-0.2, -0.15) is 0 Å². The number of amides is 1. The molecule has 2 heteroatoms. The van der Waals surface area contributed by atoms with Gasteiger partial charge in [0.05, 0.1) is 0 Å². The van der Waals surface area contributed by atoms with Crippen LogP contribution in [0.5, 0.6) is 0 Å². The van der Waals surface area contributed by atoms with Gasteiger partial charge in [-0.15, -0.1) is 0 Å². The van der Waals surface area contributed by atoms with Gasteiger partial charge in [0.15, 0.2) is 0 Å². The van der Waals surface area contributed by atoms with Gasteiger partial charge < -0.3 is 4.90 Å². The lowest BCUT2D eigenvalue weighted by atomic mass is 9.94. The summed E-state index contributed by atoms with van der Waals surface area (Å²) in [6, 6.07) is 0. The van der Waals surface area contributed by atoms with Crippen LogP contribution in [0.2, 0.25) is 0 Å². The maximum absolute atomic E-state index is 12.3. The van der Waals surface area contributed by atoms with Crippen molar-refractivity contribution in [1.82, 2.24) is 4.90 Å². The van der Waals surface area contributed by atoms with E-state index in [1.54, 1.807) is 0 Å². The molecule has 0 heterocycles. The van der Waals surface area contributed by atoms with Crippen LogP contribution in [0.15, 0.2) is 24.3 Å². The molecule has 2 rings (SSSR count). The lowest BCUT2D eigenvalue weighted by Crippen LogP contribution is -2.46. The second-order valence-corrected chi connectivity index (χ2v) is 6.87. The number of nitrogens with zero attached hydrogens (tertiary/aromatic N) is 1. The lowest BCUT2D eigenvalue weighted by molar-refractivity contribution is -0.136. The smallest absolute Gasteiger partial charge is 0.226 e. The van der Waals surface area contributed by atoms with Crippen molar-refractivity contribution in [2.24, 2.45) is 11.8 Å². The Morgan fingerprint density at radius 3 is 2.53 bits per heavy atom. The van der Waals surface area contributed by atoms with Crippen molar-refractivity contribution in [3.63, 3.8) is 0 Å². The Hall–Kier alpha value is -1.05. The Kier molecular flexibility index (Phi) is 4.49. The van der Waals surface area contributed by atoms with Crippen molar-refractivity contribution in [3.8, 4) is 0 Å². The third-order valence-corrected chi connectivity index (χ3v) is 4.01. The van der Waals surface area contributed by atoms with E-state index >= 15 is 0 Å². The molecule has 1 amide bonds. The van der Waals surface area contributed by atoms with Crippen molar-refractivity contribution in [2.45, 2.75) is 58.4 Å². The highest BCUT2D eigenvalue weighted by atomic mass is 16.2. The summed E-state index contributed by atoms with van der Waals surface area (Å²) in [4.78, 5) is 14.4. The number of carbonyl (C=O) groups is 1. The van der Waals surface area contributed by atoms with Crippen LogP contribution in [0.4, 0.5) is 0 Å². The van der Waals surface area contributed by atoms with E-state index in [-0.39, 0.29) is 5.54 Å². The summed E-state index contributed by atoms with van der Waals surface area (Å²) < 4.78 is 0. The van der Waals surface area contributed by atoms with Crippen LogP contribution in [-0.4, -0.2) is 22.9 Å². The molecule has 0 N–H and O–H groups in total. The van der Waals surface area contributed by atoms with Crippen molar-refractivity contribution >= 4 is 5.91 Å². The van der Waals surface area contributed by atoms with E-state index in [2.05, 4.69) is 45.1 Å². The lowest BCUT2D eigenvalue weighted by Gasteiger charge is -2.35. The fourth-order valence-electron chi connectivity index (χ4n) is 2.60. The molecule has 1 saturated carbocycles. The summed E-state index contributed by atoms with van der Waals surface area (Å²) in [5.74, 6) is 1.33. The molecule has 2 aliphatic rings. The van der Waals surface area contributed by atoms with Crippen LogP contribution in [0.1, 0.15) is 52.9 Å². The molecule has 0 bridgehead atoms. The van der Waals surface area contributed by atoms with Gasteiger partial charge in [-0.05, 0) is 58.8 Å². The molecule has 2 aliphatic carbocycles. The minimum Gasteiger partial charge on any atom is -0.334 e. The van der Waals surface area contributed by atoms with Gasteiger partial charge in [0.2, 0.25) is 5.91 Å². The topological polar surface area (TPSA) is 20.3 Å². The number of hydrogen-bond acceptors (Lipinski definition) is 1. The van der Waals surface area contributed by atoms with Gasteiger partial charge in [0.1, 0.15) is 0 Å². The number of hydrogen-bond donors (Lipinski definition) is 0. The van der Waals surface area contributed by atoms with Crippen LogP contribution in [0, 0.1) is 11.8 Å². The average Bonchev–Trinajstić information content (AvgIpc) is 3.18. The van der Waals surface area contributed by atoms with Crippen LogP contribution in [0.3, 0.4) is 0 Å². The number of allylic oxidation sites excluding steroid dienone is 3. The molecular weight excluding hydrogens is 234 g/mol. The Morgan fingerprint density at radius 1 is 1.26 bits per heavy atom. The standard InChI is InChI=1S/C17H27NO/c1-17(2,3)18(16(19)15-11-12-15)13-7-10-14-8-5-4-6-9-14/h4-5,7,10,14-15H,6,8-9,11-13H2,1-3H3/b10-7+. The van der Waals surface area contributed by atoms with E-state index in [0.29, 0.717) is 17.7 Å². The normalized spacial score (nSPS) is 23.8. The Labute approximate surface area is 117 Å². The summed E-state index contributed by atoms with van der Waals surface area (Å²) >= 11 is 0.